The van der Waals surface area contributed by atoms with E-state index in [4.69, 9.17) is 0 Å². The van der Waals surface area contributed by atoms with Crippen LogP contribution < -0.4 is 5.32 Å². The summed E-state index contributed by atoms with van der Waals surface area (Å²) in [6, 6.07) is 2.15. The number of hydrogen-bond acceptors (Lipinski definition) is 2. The van der Waals surface area contributed by atoms with Gasteiger partial charge in [-0.05, 0) is 39.4 Å². The highest BCUT2D eigenvalue weighted by molar-refractivity contribution is 9.10. The van der Waals surface area contributed by atoms with Gasteiger partial charge in [0.25, 0.3) is 0 Å². The molecule has 0 unspecified atom stereocenters. The summed E-state index contributed by atoms with van der Waals surface area (Å²) in [5.41, 5.74) is 1.76. The number of aromatic nitrogens is 1. The van der Waals surface area contributed by atoms with Gasteiger partial charge in [-0.2, -0.15) is 0 Å². The van der Waals surface area contributed by atoms with Gasteiger partial charge in [0.05, 0.1) is 0 Å². The fourth-order valence-corrected chi connectivity index (χ4v) is 2.13. The lowest BCUT2D eigenvalue weighted by Gasteiger charge is -2.39. The Kier molecular flexibility index (Phi) is 2.39. The number of hydrogen-bond donors (Lipinski definition) is 1. The molecule has 0 atom stereocenters. The van der Waals surface area contributed by atoms with Crippen molar-refractivity contribution in [2.24, 2.45) is 5.41 Å². The van der Waals surface area contributed by atoms with Crippen molar-refractivity contribution in [3.05, 3.63) is 28.5 Å². The van der Waals surface area contributed by atoms with Gasteiger partial charge in [-0.3, -0.25) is 4.98 Å². The second-order valence-electron chi connectivity index (χ2n) is 4.10. The number of rotatable bonds is 2. The third-order valence-corrected chi connectivity index (χ3v) is 2.93. The standard InChI is InChI=1S/C10H13BrN2/c1-10(6-13-7-10)3-8-2-9(11)5-12-4-8/h2,4-5,13H,3,6-7H2,1H3. The molecule has 0 aromatic carbocycles. The van der Waals surface area contributed by atoms with Crippen LogP contribution in [0.3, 0.4) is 0 Å². The van der Waals surface area contributed by atoms with Crippen molar-refractivity contribution in [3.8, 4) is 0 Å². The Bertz CT molecular complexity index is 308. The predicted octanol–water partition coefficient (Wildman–Crippen LogP) is 2.00. The van der Waals surface area contributed by atoms with Gasteiger partial charge in [0, 0.05) is 30.0 Å². The first kappa shape index (κ1) is 9.16. The van der Waals surface area contributed by atoms with Crippen molar-refractivity contribution in [3.63, 3.8) is 0 Å². The molecule has 0 bridgehead atoms. The summed E-state index contributed by atoms with van der Waals surface area (Å²) in [5, 5.41) is 3.30. The van der Waals surface area contributed by atoms with Crippen molar-refractivity contribution in [1.29, 1.82) is 0 Å². The molecule has 1 aliphatic rings. The van der Waals surface area contributed by atoms with Gasteiger partial charge >= 0.3 is 0 Å². The quantitative estimate of drug-likeness (QED) is 0.856. The highest BCUT2D eigenvalue weighted by Crippen LogP contribution is 2.27. The molecular weight excluding hydrogens is 228 g/mol. The smallest absolute Gasteiger partial charge is 0.0410 e. The Morgan fingerprint density at radius 3 is 2.85 bits per heavy atom. The zero-order chi connectivity index (χ0) is 9.31. The lowest BCUT2D eigenvalue weighted by molar-refractivity contribution is 0.195. The minimum atomic E-state index is 0.447. The van der Waals surface area contributed by atoms with Crippen LogP contribution in [0.5, 0.6) is 0 Å². The maximum atomic E-state index is 4.16. The lowest BCUT2D eigenvalue weighted by Crippen LogP contribution is -2.52. The summed E-state index contributed by atoms with van der Waals surface area (Å²) < 4.78 is 1.07. The first-order valence-electron chi connectivity index (χ1n) is 4.48. The molecule has 13 heavy (non-hydrogen) atoms. The summed E-state index contributed by atoms with van der Waals surface area (Å²) in [7, 11) is 0. The number of nitrogens with one attached hydrogen (secondary N) is 1. The van der Waals surface area contributed by atoms with Gasteiger partial charge in [0.1, 0.15) is 0 Å². The second kappa shape index (κ2) is 3.39. The molecule has 2 rings (SSSR count). The van der Waals surface area contributed by atoms with Gasteiger partial charge in [-0.15, -0.1) is 0 Å². The van der Waals surface area contributed by atoms with E-state index in [1.54, 1.807) is 0 Å². The molecule has 2 heterocycles. The van der Waals surface area contributed by atoms with Gasteiger partial charge in [0.15, 0.2) is 0 Å². The minimum Gasteiger partial charge on any atom is -0.316 e. The van der Waals surface area contributed by atoms with E-state index < -0.39 is 0 Å². The molecule has 0 saturated carbocycles. The van der Waals surface area contributed by atoms with Crippen LogP contribution in [0.15, 0.2) is 22.9 Å². The Morgan fingerprint density at radius 2 is 2.31 bits per heavy atom. The first-order chi connectivity index (χ1) is 6.18. The molecule has 0 spiro atoms. The Morgan fingerprint density at radius 1 is 1.54 bits per heavy atom. The Balaban J connectivity index is 2.09. The van der Waals surface area contributed by atoms with Crippen LogP contribution in [0.1, 0.15) is 12.5 Å². The zero-order valence-electron chi connectivity index (χ0n) is 7.68. The predicted molar refractivity (Wildman–Crippen MR) is 56.6 cm³/mol. The van der Waals surface area contributed by atoms with Crippen LogP contribution in [0.4, 0.5) is 0 Å². The van der Waals surface area contributed by atoms with Gasteiger partial charge < -0.3 is 5.32 Å². The van der Waals surface area contributed by atoms with Crippen LogP contribution in [0, 0.1) is 5.41 Å². The van der Waals surface area contributed by atoms with E-state index in [2.05, 4.69) is 39.2 Å². The molecule has 0 amide bonds. The minimum absolute atomic E-state index is 0.447. The van der Waals surface area contributed by atoms with Crippen LogP contribution in [-0.2, 0) is 6.42 Å². The molecule has 1 aliphatic heterocycles. The largest absolute Gasteiger partial charge is 0.316 e. The monoisotopic (exact) mass is 240 g/mol. The SMILES string of the molecule is CC1(Cc2cncc(Br)c2)CNC1. The van der Waals surface area contributed by atoms with Crippen molar-refractivity contribution in [1.82, 2.24) is 10.3 Å². The molecule has 70 valence electrons. The van der Waals surface area contributed by atoms with Crippen LogP contribution in [-0.4, -0.2) is 18.1 Å². The summed E-state index contributed by atoms with van der Waals surface area (Å²) in [5.74, 6) is 0. The summed E-state index contributed by atoms with van der Waals surface area (Å²) in [6.45, 7) is 4.56. The zero-order valence-corrected chi connectivity index (χ0v) is 9.26. The third-order valence-electron chi connectivity index (χ3n) is 2.50. The summed E-state index contributed by atoms with van der Waals surface area (Å²) in [4.78, 5) is 4.16. The van der Waals surface area contributed by atoms with Crippen molar-refractivity contribution >= 4 is 15.9 Å². The average Bonchev–Trinajstić information content (AvgIpc) is 2.01. The molecule has 0 aliphatic carbocycles. The van der Waals surface area contributed by atoms with Crippen molar-refractivity contribution < 1.29 is 0 Å². The van der Waals surface area contributed by atoms with E-state index >= 15 is 0 Å². The molecule has 3 heteroatoms. The number of pyridine rings is 1. The van der Waals surface area contributed by atoms with Crippen LogP contribution in [0.2, 0.25) is 0 Å². The maximum Gasteiger partial charge on any atom is 0.0410 e. The van der Waals surface area contributed by atoms with Crippen LogP contribution >= 0.6 is 15.9 Å². The third kappa shape index (κ3) is 2.09. The highest BCUT2D eigenvalue weighted by atomic mass is 79.9. The molecule has 2 nitrogen and oxygen atoms in total. The van der Waals surface area contributed by atoms with E-state index in [0.717, 1.165) is 24.0 Å². The fraction of sp³-hybridized carbons (Fsp3) is 0.500. The number of nitrogens with zero attached hydrogens (tertiary/aromatic N) is 1. The Hall–Kier alpha value is -0.410. The van der Waals surface area contributed by atoms with Crippen LogP contribution in [0.25, 0.3) is 0 Å². The first-order valence-corrected chi connectivity index (χ1v) is 5.27. The second-order valence-corrected chi connectivity index (χ2v) is 5.02. The highest BCUT2D eigenvalue weighted by Gasteiger charge is 2.31. The molecular formula is C10H13BrN2. The van der Waals surface area contributed by atoms with E-state index in [-0.39, 0.29) is 0 Å². The summed E-state index contributed by atoms with van der Waals surface area (Å²) in [6.07, 6.45) is 4.89. The van der Waals surface area contributed by atoms with Crippen molar-refractivity contribution in [2.75, 3.05) is 13.1 Å². The molecule has 1 aromatic rings. The van der Waals surface area contributed by atoms with E-state index in [1.165, 1.54) is 5.56 Å². The molecule has 1 N–H and O–H groups in total. The van der Waals surface area contributed by atoms with E-state index in [0.29, 0.717) is 5.41 Å². The lowest BCUT2D eigenvalue weighted by atomic mass is 9.79. The number of halogens is 1. The topological polar surface area (TPSA) is 24.9 Å². The molecule has 1 aromatic heterocycles. The van der Waals surface area contributed by atoms with E-state index in [1.807, 2.05) is 12.4 Å². The van der Waals surface area contributed by atoms with E-state index in [9.17, 15) is 0 Å². The Labute approximate surface area is 86.9 Å². The average molecular weight is 241 g/mol. The fourth-order valence-electron chi connectivity index (χ4n) is 1.72. The summed E-state index contributed by atoms with van der Waals surface area (Å²) >= 11 is 3.43. The van der Waals surface area contributed by atoms with Gasteiger partial charge in [-0.1, -0.05) is 6.92 Å². The molecule has 0 radical (unpaired) electrons. The normalized spacial score (nSPS) is 19.5. The van der Waals surface area contributed by atoms with Gasteiger partial charge in [-0.25, -0.2) is 0 Å². The molecule has 1 fully saturated rings. The van der Waals surface area contributed by atoms with Crippen molar-refractivity contribution in [2.45, 2.75) is 13.3 Å². The van der Waals surface area contributed by atoms with Gasteiger partial charge in [0.2, 0.25) is 0 Å². The molecule has 1 saturated heterocycles. The maximum absolute atomic E-state index is 4.16.